The molecule has 0 aliphatic heterocycles. The molecule has 0 unspecified atom stereocenters. The number of hydrogen-bond acceptors (Lipinski definition) is 0. The van der Waals surface area contributed by atoms with Gasteiger partial charge in [-0.1, -0.05) is 69.6 Å². The van der Waals surface area contributed by atoms with Crippen molar-refractivity contribution >= 4 is 0 Å². The maximum Gasteiger partial charge on any atom is -0.0348 e. The van der Waals surface area contributed by atoms with E-state index >= 15 is 0 Å². The summed E-state index contributed by atoms with van der Waals surface area (Å²) in [6.07, 6.45) is 20.0. The highest BCUT2D eigenvalue weighted by Crippen LogP contribution is 1.99. The van der Waals surface area contributed by atoms with Crippen molar-refractivity contribution in [1.82, 2.24) is 0 Å². The van der Waals surface area contributed by atoms with Crippen molar-refractivity contribution < 1.29 is 0 Å². The molecule has 0 bridgehead atoms. The van der Waals surface area contributed by atoms with Crippen molar-refractivity contribution in [2.24, 2.45) is 0 Å². The van der Waals surface area contributed by atoms with Crippen LogP contribution in [-0.2, 0) is 0 Å². The van der Waals surface area contributed by atoms with Crippen LogP contribution in [-0.4, -0.2) is 0 Å². The molecule has 0 saturated carbocycles. The number of hydrogen-bond donors (Lipinski definition) is 0. The smallest absolute Gasteiger partial charge is 0.0348 e. The molecule has 0 heterocycles. The molecular formula is C14H23. The van der Waals surface area contributed by atoms with Crippen LogP contribution in [0.25, 0.3) is 0 Å². The van der Waals surface area contributed by atoms with E-state index in [0.717, 1.165) is 6.42 Å². The van der Waals surface area contributed by atoms with E-state index in [1.807, 2.05) is 0 Å². The Kier molecular flexibility index (Phi) is 11.5. The van der Waals surface area contributed by atoms with E-state index in [-0.39, 0.29) is 0 Å². The average Bonchev–Trinajstić information content (AvgIpc) is 2.21. The van der Waals surface area contributed by atoms with Crippen molar-refractivity contribution in [3.8, 4) is 0 Å². The molecule has 0 N–H and O–H groups in total. The Hall–Kier alpha value is -0.780. The first-order chi connectivity index (χ1) is 6.91. The minimum atomic E-state index is 1.06. The normalized spacial score (nSPS) is 12.4. The monoisotopic (exact) mass is 191 g/mol. The molecule has 1 radical (unpaired) electrons. The van der Waals surface area contributed by atoms with Gasteiger partial charge in [-0.05, 0) is 19.3 Å². The number of rotatable bonds is 8. The van der Waals surface area contributed by atoms with E-state index in [1.54, 1.807) is 0 Å². The van der Waals surface area contributed by atoms with Crippen molar-refractivity contribution in [2.75, 3.05) is 0 Å². The third kappa shape index (κ3) is 11.2. The van der Waals surface area contributed by atoms with Crippen LogP contribution in [0.2, 0.25) is 0 Å². The second kappa shape index (κ2) is 12.2. The molecule has 0 aromatic heterocycles. The first-order valence-electron chi connectivity index (χ1n) is 5.69. The van der Waals surface area contributed by atoms with Gasteiger partial charge in [0.25, 0.3) is 0 Å². The topological polar surface area (TPSA) is 0 Å². The minimum Gasteiger partial charge on any atom is -0.0845 e. The largest absolute Gasteiger partial charge is 0.0845 e. The van der Waals surface area contributed by atoms with Gasteiger partial charge in [-0.25, -0.2) is 0 Å². The second-order valence-corrected chi connectivity index (χ2v) is 3.38. The first-order valence-corrected chi connectivity index (χ1v) is 5.69. The highest BCUT2D eigenvalue weighted by atomic mass is 13.9. The summed E-state index contributed by atoms with van der Waals surface area (Å²) < 4.78 is 0. The van der Waals surface area contributed by atoms with Gasteiger partial charge in [0.1, 0.15) is 0 Å². The van der Waals surface area contributed by atoms with Crippen LogP contribution in [0.3, 0.4) is 0 Å². The molecule has 0 aliphatic carbocycles. The lowest BCUT2D eigenvalue weighted by molar-refractivity contribution is 0.760. The summed E-state index contributed by atoms with van der Waals surface area (Å²) in [5, 5.41) is 0. The van der Waals surface area contributed by atoms with E-state index in [1.165, 1.54) is 32.1 Å². The first kappa shape index (κ1) is 13.2. The second-order valence-electron chi connectivity index (χ2n) is 3.38. The highest BCUT2D eigenvalue weighted by molar-refractivity contribution is 5.10. The molecule has 0 saturated heterocycles. The fourth-order valence-corrected chi connectivity index (χ4v) is 1.08. The van der Waals surface area contributed by atoms with Gasteiger partial charge in [-0.2, -0.15) is 0 Å². The van der Waals surface area contributed by atoms with Gasteiger partial charge in [0.15, 0.2) is 0 Å². The maximum atomic E-state index is 3.81. The van der Waals surface area contributed by atoms with Crippen LogP contribution in [0.1, 0.15) is 45.4 Å². The quantitative estimate of drug-likeness (QED) is 0.380. The van der Waals surface area contributed by atoms with Gasteiger partial charge >= 0.3 is 0 Å². The molecule has 0 spiro atoms. The molecule has 0 rings (SSSR count). The minimum absolute atomic E-state index is 1.06. The highest BCUT2D eigenvalue weighted by Gasteiger charge is 1.79. The number of allylic oxidation sites excluding steroid dienone is 6. The summed E-state index contributed by atoms with van der Waals surface area (Å²) in [6, 6.07) is 0. The van der Waals surface area contributed by atoms with Crippen LogP contribution in [0.5, 0.6) is 0 Å². The molecule has 0 heteroatoms. The summed E-state index contributed by atoms with van der Waals surface area (Å²) in [5.41, 5.74) is 0. The van der Waals surface area contributed by atoms with Crippen molar-refractivity contribution in [1.29, 1.82) is 0 Å². The summed E-state index contributed by atoms with van der Waals surface area (Å²) in [5.74, 6) is 0. The Balaban J connectivity index is 3.31. The molecule has 0 amide bonds. The lowest BCUT2D eigenvalue weighted by Gasteiger charge is -1.89. The van der Waals surface area contributed by atoms with E-state index < -0.39 is 0 Å². The SMILES string of the molecule is [CH2]CCCC/C=C/C=C/C=C/CCC. The summed E-state index contributed by atoms with van der Waals surface area (Å²) in [7, 11) is 0. The molecule has 0 aromatic rings. The van der Waals surface area contributed by atoms with E-state index in [2.05, 4.69) is 50.3 Å². The molecule has 0 aliphatic rings. The van der Waals surface area contributed by atoms with E-state index in [9.17, 15) is 0 Å². The van der Waals surface area contributed by atoms with Gasteiger partial charge in [-0.3, -0.25) is 0 Å². The van der Waals surface area contributed by atoms with Gasteiger partial charge in [0.2, 0.25) is 0 Å². The molecule has 0 fully saturated rings. The predicted octanol–water partition coefficient (Wildman–Crippen LogP) is 4.85. The van der Waals surface area contributed by atoms with Crippen molar-refractivity contribution in [2.45, 2.75) is 45.4 Å². The molecule has 0 atom stereocenters. The van der Waals surface area contributed by atoms with E-state index in [4.69, 9.17) is 0 Å². The van der Waals surface area contributed by atoms with E-state index in [0.29, 0.717) is 0 Å². The molecular weight excluding hydrogens is 168 g/mol. The molecule has 0 aromatic carbocycles. The Morgan fingerprint density at radius 1 is 0.857 bits per heavy atom. The third-order valence-electron chi connectivity index (χ3n) is 1.93. The molecule has 14 heavy (non-hydrogen) atoms. The van der Waals surface area contributed by atoms with Crippen LogP contribution >= 0.6 is 0 Å². The Bertz CT molecular complexity index is 172. The third-order valence-corrected chi connectivity index (χ3v) is 1.93. The zero-order chi connectivity index (χ0) is 10.5. The van der Waals surface area contributed by atoms with Crippen LogP contribution in [0.15, 0.2) is 36.5 Å². The van der Waals surface area contributed by atoms with Gasteiger partial charge in [0.05, 0.1) is 0 Å². The fourth-order valence-electron chi connectivity index (χ4n) is 1.08. The lowest BCUT2D eigenvalue weighted by atomic mass is 10.2. The van der Waals surface area contributed by atoms with Crippen LogP contribution < -0.4 is 0 Å². The van der Waals surface area contributed by atoms with Gasteiger partial charge < -0.3 is 0 Å². The fraction of sp³-hybridized carbons (Fsp3) is 0.500. The number of unbranched alkanes of at least 4 members (excludes halogenated alkanes) is 4. The van der Waals surface area contributed by atoms with Crippen LogP contribution in [0.4, 0.5) is 0 Å². The Morgan fingerprint density at radius 3 is 2.07 bits per heavy atom. The van der Waals surface area contributed by atoms with Gasteiger partial charge in [-0.15, -0.1) is 0 Å². The average molecular weight is 191 g/mol. The zero-order valence-corrected chi connectivity index (χ0v) is 9.41. The maximum absolute atomic E-state index is 3.81. The molecule has 0 nitrogen and oxygen atoms in total. The summed E-state index contributed by atoms with van der Waals surface area (Å²) in [6.45, 7) is 6.01. The zero-order valence-electron chi connectivity index (χ0n) is 9.41. The molecule has 79 valence electrons. The Labute approximate surface area is 89.4 Å². The van der Waals surface area contributed by atoms with Crippen LogP contribution in [0, 0.1) is 6.92 Å². The summed E-state index contributed by atoms with van der Waals surface area (Å²) >= 11 is 0. The predicted molar refractivity (Wildman–Crippen MR) is 66.2 cm³/mol. The van der Waals surface area contributed by atoms with Gasteiger partial charge in [0, 0.05) is 0 Å². The van der Waals surface area contributed by atoms with Crippen molar-refractivity contribution in [3.63, 3.8) is 0 Å². The lowest BCUT2D eigenvalue weighted by Crippen LogP contribution is -1.69. The standard InChI is InChI=1S/C14H23/c1-3-5-7-9-11-13-14-12-10-8-6-4-2/h8,10-14H,1,3-7,9H2,2H3/b10-8+,13-11+,14-12+. The van der Waals surface area contributed by atoms with Crippen molar-refractivity contribution in [3.05, 3.63) is 43.4 Å². The summed E-state index contributed by atoms with van der Waals surface area (Å²) in [4.78, 5) is 0. The Morgan fingerprint density at radius 2 is 1.50 bits per heavy atom.